The summed E-state index contributed by atoms with van der Waals surface area (Å²) in [5.74, 6) is -0.114. The van der Waals surface area contributed by atoms with Crippen molar-refractivity contribution in [1.82, 2.24) is 0 Å². The molecule has 92 valence electrons. The highest BCUT2D eigenvalue weighted by Gasteiger charge is 2.01. The monoisotopic (exact) mass is 296 g/mol. The molecule has 0 aliphatic rings. The topological polar surface area (TPSA) is 53.2 Å². The summed E-state index contributed by atoms with van der Waals surface area (Å²) < 4.78 is 0.595. The van der Waals surface area contributed by atoms with Gasteiger partial charge in [0.2, 0.25) is 6.19 Å². The summed E-state index contributed by atoms with van der Waals surface area (Å²) in [7, 11) is 0. The molecule has 0 N–H and O–H groups in total. The Labute approximate surface area is 119 Å². The van der Waals surface area contributed by atoms with Crippen LogP contribution in [-0.4, -0.2) is 16.4 Å². The van der Waals surface area contributed by atoms with E-state index in [9.17, 15) is 4.79 Å². The fourth-order valence-corrected chi connectivity index (χ4v) is 2.24. The Bertz CT molecular complexity index is 518. The average molecular weight is 297 g/mol. The Morgan fingerprint density at radius 1 is 1.44 bits per heavy atom. The molecule has 0 saturated heterocycles. The van der Waals surface area contributed by atoms with E-state index in [-0.39, 0.29) is 5.78 Å². The van der Waals surface area contributed by atoms with Crippen molar-refractivity contribution >= 4 is 45.3 Å². The number of nitriles is 1. The molecule has 0 amide bonds. The van der Waals surface area contributed by atoms with Gasteiger partial charge in [0.1, 0.15) is 4.38 Å². The van der Waals surface area contributed by atoms with Crippen LogP contribution >= 0.6 is 35.1 Å². The van der Waals surface area contributed by atoms with Crippen LogP contribution in [0.4, 0.5) is 0 Å². The summed E-state index contributed by atoms with van der Waals surface area (Å²) in [6.45, 7) is 0. The van der Waals surface area contributed by atoms with Crippen LogP contribution in [0.2, 0.25) is 5.02 Å². The van der Waals surface area contributed by atoms with Crippen molar-refractivity contribution in [2.75, 3.05) is 6.26 Å². The first-order valence-electron chi connectivity index (χ1n) is 4.81. The molecule has 1 rings (SSSR count). The van der Waals surface area contributed by atoms with Crippen molar-refractivity contribution in [1.29, 1.82) is 5.26 Å². The van der Waals surface area contributed by atoms with Crippen molar-refractivity contribution in [3.63, 3.8) is 0 Å². The zero-order valence-corrected chi connectivity index (χ0v) is 11.9. The number of benzene rings is 1. The first-order valence-corrected chi connectivity index (χ1v) is 7.29. The zero-order valence-electron chi connectivity index (χ0n) is 9.46. The third-order valence-electron chi connectivity index (χ3n) is 1.83. The number of rotatable bonds is 3. The lowest BCUT2D eigenvalue weighted by molar-refractivity contribution is 0.104. The van der Waals surface area contributed by atoms with Gasteiger partial charge >= 0.3 is 0 Å². The number of halogens is 1. The molecule has 3 nitrogen and oxygen atoms in total. The van der Waals surface area contributed by atoms with E-state index in [1.54, 1.807) is 35.9 Å². The van der Waals surface area contributed by atoms with Gasteiger partial charge in [-0.1, -0.05) is 23.4 Å². The number of nitrogens with zero attached hydrogens (tertiary/aromatic N) is 2. The average Bonchev–Trinajstić information content (AvgIpc) is 2.38. The quantitative estimate of drug-likeness (QED) is 0.278. The first kappa shape index (κ1) is 14.8. The summed E-state index contributed by atoms with van der Waals surface area (Å²) in [6.07, 6.45) is 4.97. The van der Waals surface area contributed by atoms with Gasteiger partial charge in [0.05, 0.1) is 0 Å². The molecule has 0 aliphatic carbocycles. The van der Waals surface area contributed by atoms with Gasteiger partial charge in [0, 0.05) is 10.6 Å². The summed E-state index contributed by atoms with van der Waals surface area (Å²) in [5, 5.41) is 10.6. The number of thioether (sulfide) groups is 2. The van der Waals surface area contributed by atoms with Gasteiger partial charge in [0.25, 0.3) is 0 Å². The molecular weight excluding hydrogens is 288 g/mol. The van der Waals surface area contributed by atoms with E-state index >= 15 is 0 Å². The maximum atomic E-state index is 11.7. The highest BCUT2D eigenvalue weighted by atomic mass is 35.5. The second kappa shape index (κ2) is 7.98. The van der Waals surface area contributed by atoms with Gasteiger partial charge in [-0.3, -0.25) is 4.79 Å². The third-order valence-corrected chi connectivity index (χ3v) is 3.88. The molecule has 0 aliphatic heterocycles. The second-order valence-corrected chi connectivity index (χ2v) is 5.36. The molecule has 0 saturated carbocycles. The lowest BCUT2D eigenvalue weighted by atomic mass is 10.1. The molecule has 0 fully saturated rings. The summed E-state index contributed by atoms with van der Waals surface area (Å²) >= 11 is 8.32. The Hall–Kier alpha value is -1.22. The molecule has 0 bridgehead atoms. The Morgan fingerprint density at radius 2 is 2.11 bits per heavy atom. The fraction of sp³-hybridized carbons (Fsp3) is 0.0833. The Balaban J connectivity index is 2.63. The van der Waals surface area contributed by atoms with Crippen LogP contribution in [0.5, 0.6) is 0 Å². The number of allylic oxidation sites excluding steroid dienone is 1. The normalized spacial score (nSPS) is 11.5. The number of hydrogen-bond acceptors (Lipinski definition) is 5. The van der Waals surface area contributed by atoms with Crippen LogP contribution in [0.15, 0.2) is 40.7 Å². The number of hydrogen-bond donors (Lipinski definition) is 0. The van der Waals surface area contributed by atoms with Gasteiger partial charge in [-0.25, -0.2) is 0 Å². The minimum absolute atomic E-state index is 0.114. The van der Waals surface area contributed by atoms with Crippen molar-refractivity contribution in [3.05, 3.63) is 46.3 Å². The van der Waals surface area contributed by atoms with Gasteiger partial charge in [-0.05, 0) is 42.0 Å². The van der Waals surface area contributed by atoms with Crippen LogP contribution in [0.3, 0.4) is 0 Å². The molecule has 6 heteroatoms. The predicted octanol–water partition coefficient (Wildman–Crippen LogP) is 3.97. The Kier molecular flexibility index (Phi) is 6.58. The first-order chi connectivity index (χ1) is 8.67. The summed E-state index contributed by atoms with van der Waals surface area (Å²) in [5.41, 5.74) is 0.569. The lowest BCUT2D eigenvalue weighted by Crippen LogP contribution is -1.93. The minimum atomic E-state index is -0.114. The van der Waals surface area contributed by atoms with Gasteiger partial charge < -0.3 is 0 Å². The maximum absolute atomic E-state index is 11.7. The molecule has 0 spiro atoms. The third kappa shape index (κ3) is 4.96. The number of carbonyl (C=O) groups excluding carboxylic acids is 1. The second-order valence-electron chi connectivity index (χ2n) is 2.97. The maximum Gasteiger partial charge on any atom is 0.207 e. The predicted molar refractivity (Wildman–Crippen MR) is 79.1 cm³/mol. The van der Waals surface area contributed by atoms with Crippen LogP contribution in [0.1, 0.15) is 10.4 Å². The number of aliphatic imine (C=N–C) groups is 1. The molecule has 0 heterocycles. The van der Waals surface area contributed by atoms with Crippen molar-refractivity contribution < 1.29 is 4.79 Å². The standard InChI is InChI=1S/C12H9ClN2OS2/c1-17-12(15-8-14)18-7-6-11(16)9-2-4-10(13)5-3-9/h2-7H,1H3. The molecule has 0 radical (unpaired) electrons. The van der Waals surface area contributed by atoms with E-state index < -0.39 is 0 Å². The largest absolute Gasteiger partial charge is 0.289 e. The molecule has 0 unspecified atom stereocenters. The van der Waals surface area contributed by atoms with Crippen LogP contribution in [-0.2, 0) is 0 Å². The molecule has 18 heavy (non-hydrogen) atoms. The van der Waals surface area contributed by atoms with Crippen molar-refractivity contribution in [2.45, 2.75) is 0 Å². The molecule has 0 atom stereocenters. The fourth-order valence-electron chi connectivity index (χ4n) is 1.03. The van der Waals surface area contributed by atoms with Crippen LogP contribution in [0, 0.1) is 11.5 Å². The SMILES string of the molecule is CSC(=NC#N)SC=CC(=O)c1ccc(Cl)cc1. The molecule has 1 aromatic carbocycles. The van der Waals surface area contributed by atoms with E-state index in [0.29, 0.717) is 15.0 Å². The van der Waals surface area contributed by atoms with Crippen molar-refractivity contribution in [2.24, 2.45) is 4.99 Å². The molecule has 1 aromatic rings. The van der Waals surface area contributed by atoms with Crippen molar-refractivity contribution in [3.8, 4) is 6.19 Å². The smallest absolute Gasteiger partial charge is 0.207 e. The summed E-state index contributed by atoms with van der Waals surface area (Å²) in [4.78, 5) is 15.3. The van der Waals surface area contributed by atoms with Gasteiger partial charge in [0.15, 0.2) is 5.78 Å². The zero-order chi connectivity index (χ0) is 13.4. The van der Waals surface area contributed by atoms with E-state index in [1.165, 1.54) is 29.6 Å². The molecule has 0 aromatic heterocycles. The Morgan fingerprint density at radius 3 is 2.67 bits per heavy atom. The minimum Gasteiger partial charge on any atom is -0.289 e. The van der Waals surface area contributed by atoms with Crippen LogP contribution in [0.25, 0.3) is 0 Å². The van der Waals surface area contributed by atoms with Gasteiger partial charge in [-0.15, -0.1) is 11.8 Å². The highest BCUT2D eigenvalue weighted by molar-refractivity contribution is 8.39. The summed E-state index contributed by atoms with van der Waals surface area (Å²) in [6, 6.07) is 6.66. The van der Waals surface area contributed by atoms with E-state index in [1.807, 2.05) is 6.26 Å². The highest BCUT2D eigenvalue weighted by Crippen LogP contribution is 2.16. The lowest BCUT2D eigenvalue weighted by Gasteiger charge is -1.96. The van der Waals surface area contributed by atoms with E-state index in [0.717, 1.165) is 0 Å². The van der Waals surface area contributed by atoms with E-state index in [4.69, 9.17) is 16.9 Å². The number of ketones is 1. The van der Waals surface area contributed by atoms with Crippen LogP contribution < -0.4 is 0 Å². The number of carbonyl (C=O) groups is 1. The van der Waals surface area contributed by atoms with Gasteiger partial charge in [-0.2, -0.15) is 10.3 Å². The molecular formula is C12H9ClN2OS2. The van der Waals surface area contributed by atoms with E-state index in [2.05, 4.69) is 4.99 Å².